The molecule has 2 unspecified atom stereocenters. The molecule has 0 bridgehead atoms. The number of azo groups is 1. The largest absolute Gasteiger partial charge is 0.431 e. The number of benzene rings is 2. The molecule has 2 rings (SSSR count). The smallest absolute Gasteiger partial charge is 0.305 e. The summed E-state index contributed by atoms with van der Waals surface area (Å²) >= 11 is 0. The molecular formula is C22H26N2O4. The van der Waals surface area contributed by atoms with Crippen LogP contribution in [0.2, 0.25) is 0 Å². The summed E-state index contributed by atoms with van der Waals surface area (Å²) in [5.74, 6) is -1.20. The van der Waals surface area contributed by atoms with Crippen molar-refractivity contribution in [3.05, 3.63) is 71.8 Å². The Labute approximate surface area is 165 Å². The summed E-state index contributed by atoms with van der Waals surface area (Å²) in [4.78, 5) is 23.6. The van der Waals surface area contributed by atoms with Crippen LogP contribution in [0.25, 0.3) is 0 Å². The molecule has 28 heavy (non-hydrogen) atoms. The third kappa shape index (κ3) is 4.82. The van der Waals surface area contributed by atoms with E-state index in [4.69, 9.17) is 9.47 Å². The molecule has 0 saturated heterocycles. The minimum Gasteiger partial charge on any atom is -0.431 e. The Morgan fingerprint density at radius 1 is 0.786 bits per heavy atom. The zero-order valence-electron chi connectivity index (χ0n) is 16.9. The van der Waals surface area contributed by atoms with Gasteiger partial charge in [-0.1, -0.05) is 74.5 Å². The number of carbonyl (C=O) groups is 2. The van der Waals surface area contributed by atoms with E-state index in [0.717, 1.165) is 0 Å². The van der Waals surface area contributed by atoms with Crippen LogP contribution < -0.4 is 0 Å². The molecule has 6 heteroatoms. The number of ether oxygens (including phenoxy) is 2. The van der Waals surface area contributed by atoms with Crippen LogP contribution in [-0.4, -0.2) is 11.9 Å². The quantitative estimate of drug-likeness (QED) is 0.501. The van der Waals surface area contributed by atoms with E-state index in [-0.39, 0.29) is 5.92 Å². The number of esters is 2. The molecule has 6 nitrogen and oxygen atoms in total. The van der Waals surface area contributed by atoms with Gasteiger partial charge in [-0.3, -0.25) is 9.59 Å². The molecule has 0 aromatic heterocycles. The minimum atomic E-state index is -1.36. The SMILES string of the molecule is CC(=O)OC(C)(N=NC(OC(C)=O)(c1ccccc1)C(C)C)c1ccccc1. The summed E-state index contributed by atoms with van der Waals surface area (Å²) in [5, 5.41) is 8.87. The van der Waals surface area contributed by atoms with Gasteiger partial charge in [0, 0.05) is 37.8 Å². The van der Waals surface area contributed by atoms with Gasteiger partial charge < -0.3 is 9.47 Å². The fourth-order valence-electron chi connectivity index (χ4n) is 2.93. The predicted octanol–water partition coefficient (Wildman–Crippen LogP) is 4.95. The van der Waals surface area contributed by atoms with E-state index in [1.54, 1.807) is 19.1 Å². The van der Waals surface area contributed by atoms with Crippen molar-refractivity contribution in [1.82, 2.24) is 0 Å². The van der Waals surface area contributed by atoms with Crippen molar-refractivity contribution in [2.75, 3.05) is 0 Å². The highest BCUT2D eigenvalue weighted by Gasteiger charge is 2.41. The zero-order valence-corrected chi connectivity index (χ0v) is 16.9. The normalized spacial score (nSPS) is 15.6. The van der Waals surface area contributed by atoms with Crippen molar-refractivity contribution in [1.29, 1.82) is 0 Å². The van der Waals surface area contributed by atoms with E-state index in [1.807, 2.05) is 62.4 Å². The highest BCUT2D eigenvalue weighted by atomic mass is 16.6. The van der Waals surface area contributed by atoms with Crippen LogP contribution in [0.4, 0.5) is 0 Å². The number of rotatable bonds is 7. The van der Waals surface area contributed by atoms with Gasteiger partial charge in [-0.15, -0.1) is 10.2 Å². The first kappa shape index (κ1) is 21.3. The minimum absolute atomic E-state index is 0.222. The van der Waals surface area contributed by atoms with Gasteiger partial charge in [0.15, 0.2) is 0 Å². The van der Waals surface area contributed by atoms with Gasteiger partial charge >= 0.3 is 11.9 Å². The maximum Gasteiger partial charge on any atom is 0.305 e. The summed E-state index contributed by atoms with van der Waals surface area (Å²) < 4.78 is 11.2. The summed E-state index contributed by atoms with van der Waals surface area (Å²) in [6.07, 6.45) is 0. The lowest BCUT2D eigenvalue weighted by molar-refractivity contribution is -0.168. The first-order chi connectivity index (χ1) is 13.2. The Bertz CT molecular complexity index is 836. The lowest BCUT2D eigenvalue weighted by Gasteiger charge is -2.33. The Morgan fingerprint density at radius 2 is 1.25 bits per heavy atom. The van der Waals surface area contributed by atoms with Crippen molar-refractivity contribution in [2.24, 2.45) is 16.1 Å². The average molecular weight is 382 g/mol. The highest BCUT2D eigenvalue weighted by molar-refractivity contribution is 5.67. The van der Waals surface area contributed by atoms with Gasteiger partial charge in [-0.2, -0.15) is 0 Å². The lowest BCUT2D eigenvalue weighted by atomic mass is 9.92. The van der Waals surface area contributed by atoms with E-state index in [2.05, 4.69) is 10.2 Å². The molecule has 148 valence electrons. The molecule has 0 heterocycles. The van der Waals surface area contributed by atoms with E-state index in [0.29, 0.717) is 11.1 Å². The number of carbonyl (C=O) groups excluding carboxylic acids is 2. The fourth-order valence-corrected chi connectivity index (χ4v) is 2.93. The monoisotopic (exact) mass is 382 g/mol. The summed E-state index contributed by atoms with van der Waals surface area (Å²) in [7, 11) is 0. The highest BCUT2D eigenvalue weighted by Crippen LogP contribution is 2.38. The Hall–Kier alpha value is -3.02. The Morgan fingerprint density at radius 3 is 1.68 bits per heavy atom. The van der Waals surface area contributed by atoms with E-state index >= 15 is 0 Å². The van der Waals surface area contributed by atoms with Crippen LogP contribution >= 0.6 is 0 Å². The first-order valence-corrected chi connectivity index (χ1v) is 9.14. The number of nitrogens with zero attached hydrogens (tertiary/aromatic N) is 2. The Kier molecular flexibility index (Phi) is 6.67. The topological polar surface area (TPSA) is 77.3 Å². The predicted molar refractivity (Wildman–Crippen MR) is 105 cm³/mol. The molecule has 0 saturated carbocycles. The van der Waals surface area contributed by atoms with Crippen LogP contribution in [0.15, 0.2) is 70.9 Å². The van der Waals surface area contributed by atoms with E-state index < -0.39 is 23.4 Å². The molecule has 0 aliphatic carbocycles. The summed E-state index contributed by atoms with van der Waals surface area (Å²) in [5.41, 5.74) is -1.37. The third-order valence-electron chi connectivity index (χ3n) is 4.31. The van der Waals surface area contributed by atoms with Crippen LogP contribution in [0, 0.1) is 5.92 Å². The molecule has 0 amide bonds. The van der Waals surface area contributed by atoms with Crippen LogP contribution in [0.3, 0.4) is 0 Å². The van der Waals surface area contributed by atoms with Gasteiger partial charge in [0.25, 0.3) is 0 Å². The molecule has 0 spiro atoms. The maximum absolute atomic E-state index is 11.9. The second-order valence-corrected chi connectivity index (χ2v) is 6.95. The molecule has 2 aromatic carbocycles. The van der Waals surface area contributed by atoms with Crippen molar-refractivity contribution in [3.8, 4) is 0 Å². The Balaban J connectivity index is 2.61. The van der Waals surface area contributed by atoms with Crippen molar-refractivity contribution in [2.45, 2.75) is 46.1 Å². The molecular weight excluding hydrogens is 356 g/mol. The summed E-state index contributed by atoms with van der Waals surface area (Å²) in [6, 6.07) is 18.3. The molecule has 2 aromatic rings. The molecule has 0 radical (unpaired) electrons. The second kappa shape index (κ2) is 8.78. The second-order valence-electron chi connectivity index (χ2n) is 6.95. The van der Waals surface area contributed by atoms with Crippen LogP contribution in [0.1, 0.15) is 45.7 Å². The lowest BCUT2D eigenvalue weighted by Crippen LogP contribution is -2.36. The van der Waals surface area contributed by atoms with E-state index in [9.17, 15) is 9.59 Å². The van der Waals surface area contributed by atoms with Crippen LogP contribution in [-0.2, 0) is 30.5 Å². The fraction of sp³-hybridized carbons (Fsp3) is 0.364. The van der Waals surface area contributed by atoms with Crippen molar-refractivity contribution < 1.29 is 19.1 Å². The molecule has 0 N–H and O–H groups in total. The first-order valence-electron chi connectivity index (χ1n) is 9.14. The molecule has 0 fully saturated rings. The van der Waals surface area contributed by atoms with Gasteiger partial charge in [-0.05, 0) is 0 Å². The third-order valence-corrected chi connectivity index (χ3v) is 4.31. The number of hydrogen-bond acceptors (Lipinski definition) is 6. The van der Waals surface area contributed by atoms with Gasteiger partial charge in [-0.25, -0.2) is 0 Å². The zero-order chi connectivity index (χ0) is 20.8. The van der Waals surface area contributed by atoms with Gasteiger partial charge in [0.1, 0.15) is 0 Å². The average Bonchev–Trinajstić information content (AvgIpc) is 2.65. The van der Waals surface area contributed by atoms with Crippen molar-refractivity contribution >= 4 is 11.9 Å². The van der Waals surface area contributed by atoms with Crippen molar-refractivity contribution in [3.63, 3.8) is 0 Å². The number of hydrogen-bond donors (Lipinski definition) is 0. The standard InChI is InChI=1S/C22H26N2O4/c1-16(2)22(28-18(4)26,20-14-10-7-11-15-20)24-23-21(5,27-17(3)25)19-12-8-6-9-13-19/h6-16H,1-5H3. The molecule has 2 atom stereocenters. The van der Waals surface area contributed by atoms with Crippen LogP contribution in [0.5, 0.6) is 0 Å². The van der Waals surface area contributed by atoms with E-state index in [1.165, 1.54) is 13.8 Å². The summed E-state index contributed by atoms with van der Waals surface area (Å²) in [6.45, 7) is 8.08. The van der Waals surface area contributed by atoms with Gasteiger partial charge in [0.05, 0.1) is 0 Å². The maximum atomic E-state index is 11.9. The molecule has 0 aliphatic rings. The molecule has 0 aliphatic heterocycles. The van der Waals surface area contributed by atoms with Gasteiger partial charge in [0.2, 0.25) is 11.4 Å².